The Morgan fingerprint density at radius 3 is 2.58 bits per heavy atom. The Bertz CT molecular complexity index is 1750. The number of ketones is 1. The Labute approximate surface area is 279 Å². The van der Waals surface area contributed by atoms with Gasteiger partial charge in [-0.3, -0.25) is 14.5 Å². The van der Waals surface area contributed by atoms with Gasteiger partial charge in [0.25, 0.3) is 5.91 Å². The summed E-state index contributed by atoms with van der Waals surface area (Å²) in [5.41, 5.74) is 1.97. The van der Waals surface area contributed by atoms with Crippen molar-refractivity contribution in [1.82, 2.24) is 15.2 Å². The van der Waals surface area contributed by atoms with Crippen LogP contribution in [-0.2, 0) is 10.5 Å². The molecule has 3 heterocycles. The molecule has 0 spiro atoms. The molecule has 236 valence electrons. The summed E-state index contributed by atoms with van der Waals surface area (Å²) >= 11 is 10.2. The Kier molecular flexibility index (Phi) is 10.5. The Morgan fingerprint density at radius 2 is 1.89 bits per heavy atom. The first-order valence-electron chi connectivity index (χ1n) is 14.4. The fraction of sp³-hybridized carbons (Fsp3) is 0.344. The molecule has 0 radical (unpaired) electrons. The average Bonchev–Trinajstić information content (AvgIpc) is 3.68. The molecule has 0 fully saturated rings. The van der Waals surface area contributed by atoms with Crippen LogP contribution in [0.4, 0.5) is 5.13 Å². The number of thiazole rings is 1. The van der Waals surface area contributed by atoms with Crippen molar-refractivity contribution in [3.05, 3.63) is 85.5 Å². The largest absolute Gasteiger partial charge is 0.503 e. The van der Waals surface area contributed by atoms with Gasteiger partial charge in [-0.25, -0.2) is 4.98 Å². The van der Waals surface area contributed by atoms with E-state index in [-0.39, 0.29) is 10.7 Å². The number of carbonyl (C=O) groups excluding carboxylic acids is 2. The van der Waals surface area contributed by atoms with Crippen molar-refractivity contribution in [3.63, 3.8) is 0 Å². The number of amides is 1. The molecule has 0 saturated carbocycles. The lowest BCUT2D eigenvalue weighted by molar-refractivity contribution is -0.117. The summed E-state index contributed by atoms with van der Waals surface area (Å²) in [6, 6.07) is 11.9. The molecular formula is C32H33ClN4O5S3. The summed E-state index contributed by atoms with van der Waals surface area (Å²) in [5.74, 6) is 0.215. The van der Waals surface area contributed by atoms with Crippen molar-refractivity contribution >= 4 is 62.9 Å². The van der Waals surface area contributed by atoms with E-state index in [1.807, 2.05) is 38.1 Å². The van der Waals surface area contributed by atoms with Gasteiger partial charge in [0.1, 0.15) is 0 Å². The molecule has 45 heavy (non-hydrogen) atoms. The van der Waals surface area contributed by atoms with Crippen LogP contribution >= 0.6 is 46.0 Å². The van der Waals surface area contributed by atoms with Crippen molar-refractivity contribution in [1.29, 1.82) is 0 Å². The van der Waals surface area contributed by atoms with Gasteiger partial charge in [0.15, 0.2) is 21.6 Å². The van der Waals surface area contributed by atoms with E-state index in [0.717, 1.165) is 12.0 Å². The molecule has 1 atom stereocenters. The number of anilines is 1. The number of benzene rings is 2. The predicted octanol–water partition coefficient (Wildman–Crippen LogP) is 8.16. The van der Waals surface area contributed by atoms with Gasteiger partial charge in [0.05, 0.1) is 40.4 Å². The molecule has 0 bridgehead atoms. The average molecular weight is 685 g/mol. The van der Waals surface area contributed by atoms with Crippen LogP contribution in [0.25, 0.3) is 0 Å². The maximum atomic E-state index is 14.0. The molecule has 1 N–H and O–H groups in total. The first kappa shape index (κ1) is 32.9. The number of nitrogens with zero attached hydrogens (tertiary/aromatic N) is 4. The fourth-order valence-corrected chi connectivity index (χ4v) is 7.84. The lowest BCUT2D eigenvalue weighted by Gasteiger charge is -2.25. The molecule has 2 aromatic carbocycles. The lowest BCUT2D eigenvalue weighted by atomic mass is 9.95. The molecule has 5 rings (SSSR count). The minimum Gasteiger partial charge on any atom is -0.503 e. The summed E-state index contributed by atoms with van der Waals surface area (Å²) in [5, 5.41) is 21.5. The van der Waals surface area contributed by atoms with Crippen LogP contribution in [0.15, 0.2) is 58.1 Å². The number of aliphatic hydroxyl groups excluding tert-OH is 1. The first-order chi connectivity index (χ1) is 21.6. The first-order valence-corrected chi connectivity index (χ1v) is 17.4. The van der Waals surface area contributed by atoms with E-state index in [1.165, 1.54) is 39.3 Å². The summed E-state index contributed by atoms with van der Waals surface area (Å²) in [4.78, 5) is 33.9. The second-order valence-corrected chi connectivity index (χ2v) is 14.5. The number of carbonyl (C=O) groups is 2. The molecule has 0 saturated heterocycles. The van der Waals surface area contributed by atoms with Gasteiger partial charge in [-0.05, 0) is 62.4 Å². The van der Waals surface area contributed by atoms with Gasteiger partial charge in [-0.1, -0.05) is 72.8 Å². The van der Waals surface area contributed by atoms with Gasteiger partial charge in [-0.15, -0.1) is 21.5 Å². The Hall–Kier alpha value is -3.45. The highest BCUT2D eigenvalue weighted by molar-refractivity contribution is 8.00. The molecule has 4 aromatic rings. The monoisotopic (exact) mass is 684 g/mol. The quantitative estimate of drug-likeness (QED) is 0.0846. The summed E-state index contributed by atoms with van der Waals surface area (Å²) < 4.78 is 12.6. The highest BCUT2D eigenvalue weighted by atomic mass is 35.5. The predicted molar refractivity (Wildman–Crippen MR) is 179 cm³/mol. The molecular weight excluding hydrogens is 652 g/mol. The Balaban J connectivity index is 1.54. The number of halogens is 1. The van der Waals surface area contributed by atoms with E-state index in [1.54, 1.807) is 25.1 Å². The molecule has 1 aliphatic rings. The zero-order valence-corrected chi connectivity index (χ0v) is 28.7. The van der Waals surface area contributed by atoms with E-state index in [9.17, 15) is 14.7 Å². The van der Waals surface area contributed by atoms with E-state index in [4.69, 9.17) is 21.1 Å². The van der Waals surface area contributed by atoms with E-state index >= 15 is 0 Å². The van der Waals surface area contributed by atoms with Crippen molar-refractivity contribution in [2.45, 2.75) is 57.2 Å². The van der Waals surface area contributed by atoms with Crippen LogP contribution in [0.2, 0.25) is 5.02 Å². The third-order valence-corrected chi connectivity index (χ3v) is 10.6. The zero-order valence-electron chi connectivity index (χ0n) is 25.5. The molecule has 13 heteroatoms. The number of ether oxygens (including phenoxy) is 2. The van der Waals surface area contributed by atoms with Crippen molar-refractivity contribution in [2.75, 3.05) is 18.1 Å². The van der Waals surface area contributed by atoms with Crippen molar-refractivity contribution in [3.8, 4) is 11.5 Å². The van der Waals surface area contributed by atoms with Crippen LogP contribution in [0, 0.1) is 19.8 Å². The minimum atomic E-state index is -0.995. The number of thioether (sulfide) groups is 1. The van der Waals surface area contributed by atoms with Crippen LogP contribution in [0.5, 0.6) is 11.5 Å². The lowest BCUT2D eigenvalue weighted by Crippen LogP contribution is -2.31. The van der Waals surface area contributed by atoms with E-state index in [0.29, 0.717) is 66.9 Å². The van der Waals surface area contributed by atoms with E-state index in [2.05, 4.69) is 29.0 Å². The van der Waals surface area contributed by atoms with Crippen LogP contribution < -0.4 is 14.4 Å². The SMILES string of the molecule is CCOc1cc(C2C(C(=O)c3sc(C)nc3C)=C(O)C(=O)N2c2nnc(SCc3ccccc3Cl)s2)ccc1OCCC(C)C. The smallest absolute Gasteiger partial charge is 0.296 e. The van der Waals surface area contributed by atoms with Gasteiger partial charge in [0, 0.05) is 10.8 Å². The third kappa shape index (κ3) is 7.19. The summed E-state index contributed by atoms with van der Waals surface area (Å²) in [6.07, 6.45) is 0.870. The fourth-order valence-electron chi connectivity index (χ4n) is 4.81. The molecule has 1 unspecified atom stereocenters. The van der Waals surface area contributed by atoms with Crippen LogP contribution in [-0.4, -0.2) is 45.2 Å². The minimum absolute atomic E-state index is 0.0526. The molecule has 1 aliphatic heterocycles. The second kappa shape index (κ2) is 14.3. The maximum absolute atomic E-state index is 14.0. The van der Waals surface area contributed by atoms with Gasteiger partial charge in [-0.2, -0.15) is 0 Å². The van der Waals surface area contributed by atoms with Gasteiger partial charge >= 0.3 is 0 Å². The molecule has 2 aromatic heterocycles. The number of aromatic nitrogens is 3. The van der Waals surface area contributed by atoms with Crippen LogP contribution in [0.3, 0.4) is 0 Å². The summed E-state index contributed by atoms with van der Waals surface area (Å²) in [7, 11) is 0. The van der Waals surface area contributed by atoms with Gasteiger partial charge < -0.3 is 14.6 Å². The topological polar surface area (TPSA) is 115 Å². The number of rotatable bonds is 13. The van der Waals surface area contributed by atoms with E-state index < -0.39 is 23.5 Å². The Morgan fingerprint density at radius 1 is 1.11 bits per heavy atom. The number of aliphatic hydroxyl groups is 1. The second-order valence-electron chi connectivity index (χ2n) is 10.7. The molecule has 0 aliphatic carbocycles. The molecule has 9 nitrogen and oxygen atoms in total. The number of hydrogen-bond donors (Lipinski definition) is 1. The summed E-state index contributed by atoms with van der Waals surface area (Å²) in [6.45, 7) is 10.6. The standard InChI is InChI=1S/C32H33ClN4O5S3/c1-6-41-24-15-20(11-12-23(24)42-14-13-17(2)3)26-25(27(38)29-18(4)34-19(5)44-29)28(39)30(40)37(26)31-35-36-32(45-31)43-16-21-9-7-8-10-22(21)33/h7-12,15,17,26,39H,6,13-14,16H2,1-5H3. The highest BCUT2D eigenvalue weighted by Crippen LogP contribution is 2.46. The normalized spacial score (nSPS) is 15.0. The molecule has 1 amide bonds. The van der Waals surface area contributed by atoms with Gasteiger partial charge in [0.2, 0.25) is 10.9 Å². The number of hydrogen-bond acceptors (Lipinski definition) is 11. The van der Waals surface area contributed by atoms with Crippen LogP contribution in [0.1, 0.15) is 64.7 Å². The zero-order chi connectivity index (χ0) is 32.2. The third-order valence-electron chi connectivity index (χ3n) is 7.01. The number of Topliss-reactive ketones (excluding diaryl/α,β-unsaturated/α-hetero) is 1. The maximum Gasteiger partial charge on any atom is 0.296 e. The highest BCUT2D eigenvalue weighted by Gasteiger charge is 2.47. The van der Waals surface area contributed by atoms with Crippen molar-refractivity contribution in [2.24, 2.45) is 5.92 Å². The van der Waals surface area contributed by atoms with Crippen molar-refractivity contribution < 1.29 is 24.2 Å². The number of aryl methyl sites for hydroxylation is 2.